The fourth-order valence-electron chi connectivity index (χ4n) is 2.95. The quantitative estimate of drug-likeness (QED) is 0.894. The van der Waals surface area contributed by atoms with Gasteiger partial charge in [0.2, 0.25) is 11.8 Å². The lowest BCUT2D eigenvalue weighted by Gasteiger charge is -2.24. The van der Waals surface area contributed by atoms with E-state index in [1.807, 2.05) is 26.0 Å². The molecule has 1 aliphatic rings. The van der Waals surface area contributed by atoms with Crippen molar-refractivity contribution in [2.24, 2.45) is 0 Å². The van der Waals surface area contributed by atoms with E-state index in [4.69, 9.17) is 0 Å². The van der Waals surface area contributed by atoms with E-state index in [9.17, 15) is 18.0 Å². The van der Waals surface area contributed by atoms with Crippen molar-refractivity contribution in [2.45, 2.75) is 37.6 Å². The first-order valence-corrected chi connectivity index (χ1v) is 9.75. The van der Waals surface area contributed by atoms with E-state index in [-0.39, 0.29) is 17.7 Å². The number of nitrogens with one attached hydrogen (secondary N) is 1. The van der Waals surface area contributed by atoms with Gasteiger partial charge in [-0.05, 0) is 44.0 Å². The molecular weight excluding hydrogens is 352 g/mol. The third-order valence-corrected chi connectivity index (χ3v) is 6.29. The van der Waals surface area contributed by atoms with Crippen LogP contribution in [0.5, 0.6) is 0 Å². The highest BCUT2D eigenvalue weighted by Crippen LogP contribution is 2.28. The number of benzene rings is 2. The fraction of sp³-hybridized carbons (Fsp3) is 0.263. The molecule has 1 fully saturated rings. The Balaban J connectivity index is 1.90. The Morgan fingerprint density at radius 3 is 2.38 bits per heavy atom. The number of anilines is 1. The molecule has 136 valence electrons. The molecule has 7 heteroatoms. The lowest BCUT2D eigenvalue weighted by Crippen LogP contribution is -2.45. The number of hydrogen-bond acceptors (Lipinski definition) is 4. The van der Waals surface area contributed by atoms with E-state index < -0.39 is 27.9 Å². The minimum Gasteiger partial charge on any atom is -0.324 e. The number of aryl methyl sites for hydroxylation is 2. The molecule has 6 nitrogen and oxygen atoms in total. The SMILES string of the molecule is Cc1ccc(S(=O)(=O)N2C(=O)CC[C@@H]2C(=O)Nc2ccccc2C)cc1. The van der Waals surface area contributed by atoms with Gasteiger partial charge in [-0.15, -0.1) is 0 Å². The van der Waals surface area contributed by atoms with Gasteiger partial charge in [0.1, 0.15) is 6.04 Å². The minimum absolute atomic E-state index is 0.00652. The van der Waals surface area contributed by atoms with Gasteiger partial charge in [0, 0.05) is 12.1 Å². The maximum absolute atomic E-state index is 12.9. The summed E-state index contributed by atoms with van der Waals surface area (Å²) in [4.78, 5) is 25.0. The number of carbonyl (C=O) groups is 2. The third-order valence-electron chi connectivity index (χ3n) is 4.44. The van der Waals surface area contributed by atoms with Gasteiger partial charge in [-0.1, -0.05) is 35.9 Å². The van der Waals surface area contributed by atoms with Gasteiger partial charge in [-0.25, -0.2) is 12.7 Å². The van der Waals surface area contributed by atoms with E-state index in [0.29, 0.717) is 5.69 Å². The topological polar surface area (TPSA) is 83.6 Å². The fourth-order valence-corrected chi connectivity index (χ4v) is 4.56. The maximum Gasteiger partial charge on any atom is 0.267 e. The smallest absolute Gasteiger partial charge is 0.267 e. The summed E-state index contributed by atoms with van der Waals surface area (Å²) in [6, 6.07) is 12.4. The second-order valence-electron chi connectivity index (χ2n) is 6.37. The number of carbonyl (C=O) groups excluding carboxylic acids is 2. The van der Waals surface area contributed by atoms with Crippen LogP contribution in [0.1, 0.15) is 24.0 Å². The van der Waals surface area contributed by atoms with Crippen LogP contribution < -0.4 is 5.32 Å². The Labute approximate surface area is 152 Å². The van der Waals surface area contributed by atoms with Crippen LogP contribution in [0.15, 0.2) is 53.4 Å². The van der Waals surface area contributed by atoms with Crippen LogP contribution in [0, 0.1) is 13.8 Å². The first kappa shape index (κ1) is 18.1. The van der Waals surface area contributed by atoms with E-state index in [1.54, 1.807) is 24.3 Å². The van der Waals surface area contributed by atoms with Gasteiger partial charge in [0.05, 0.1) is 4.90 Å². The van der Waals surface area contributed by atoms with Gasteiger partial charge in [0.25, 0.3) is 10.0 Å². The number of sulfonamides is 1. The van der Waals surface area contributed by atoms with Crippen molar-refractivity contribution in [3.63, 3.8) is 0 Å². The second-order valence-corrected chi connectivity index (χ2v) is 8.18. The van der Waals surface area contributed by atoms with Gasteiger partial charge < -0.3 is 5.32 Å². The van der Waals surface area contributed by atoms with Gasteiger partial charge in [-0.2, -0.15) is 0 Å². The number of hydrogen-bond donors (Lipinski definition) is 1. The van der Waals surface area contributed by atoms with Crippen LogP contribution in [0.25, 0.3) is 0 Å². The first-order valence-electron chi connectivity index (χ1n) is 8.31. The number of nitrogens with zero attached hydrogens (tertiary/aromatic N) is 1. The minimum atomic E-state index is -4.08. The van der Waals surface area contributed by atoms with E-state index in [1.165, 1.54) is 12.1 Å². The molecule has 1 heterocycles. The summed E-state index contributed by atoms with van der Waals surface area (Å²) < 4.78 is 26.6. The molecule has 0 spiro atoms. The zero-order valence-electron chi connectivity index (χ0n) is 14.6. The average molecular weight is 372 g/mol. The predicted molar refractivity (Wildman–Crippen MR) is 98.0 cm³/mol. The molecular formula is C19H20N2O4S. The average Bonchev–Trinajstić information content (AvgIpc) is 3.00. The lowest BCUT2D eigenvalue weighted by atomic mass is 10.1. The highest BCUT2D eigenvalue weighted by molar-refractivity contribution is 7.89. The standard InChI is InChI=1S/C19H20N2O4S/c1-13-7-9-15(10-8-13)26(24,25)21-17(11-12-18(21)22)19(23)20-16-6-4-3-5-14(16)2/h3-10,17H,11-12H2,1-2H3,(H,20,23)/t17-/m1/s1. The molecule has 0 aromatic heterocycles. The zero-order chi connectivity index (χ0) is 18.9. The summed E-state index contributed by atoms with van der Waals surface area (Å²) in [6.45, 7) is 3.69. The largest absolute Gasteiger partial charge is 0.324 e. The van der Waals surface area contributed by atoms with Gasteiger partial charge in [-0.3, -0.25) is 9.59 Å². The van der Waals surface area contributed by atoms with Crippen LogP contribution in [0.3, 0.4) is 0 Å². The van der Waals surface area contributed by atoms with Gasteiger partial charge >= 0.3 is 0 Å². The zero-order valence-corrected chi connectivity index (χ0v) is 15.4. The second kappa shape index (κ2) is 6.92. The normalized spacial score (nSPS) is 17.4. The van der Waals surface area contributed by atoms with E-state index >= 15 is 0 Å². The van der Waals surface area contributed by atoms with Crippen molar-refractivity contribution in [3.8, 4) is 0 Å². The molecule has 1 N–H and O–H groups in total. The maximum atomic E-state index is 12.9. The molecule has 2 aromatic carbocycles. The van der Waals surface area contributed by atoms with Crippen LogP contribution in [-0.4, -0.2) is 30.6 Å². The summed E-state index contributed by atoms with van der Waals surface area (Å²) in [5.74, 6) is -1.06. The van der Waals surface area contributed by atoms with Crippen LogP contribution >= 0.6 is 0 Å². The molecule has 1 atom stereocenters. The van der Waals surface area contributed by atoms with Crippen molar-refractivity contribution in [3.05, 3.63) is 59.7 Å². The highest BCUT2D eigenvalue weighted by atomic mass is 32.2. The summed E-state index contributed by atoms with van der Waals surface area (Å²) in [5, 5.41) is 2.74. The Bertz CT molecular complexity index is 952. The predicted octanol–water partition coefficient (Wildman–Crippen LogP) is 2.62. The summed E-state index contributed by atoms with van der Waals surface area (Å²) >= 11 is 0. The van der Waals surface area contributed by atoms with Crippen LogP contribution in [0.2, 0.25) is 0 Å². The van der Waals surface area contributed by atoms with Crippen LogP contribution in [-0.2, 0) is 19.6 Å². The molecule has 1 saturated heterocycles. The highest BCUT2D eigenvalue weighted by Gasteiger charge is 2.44. The van der Waals surface area contributed by atoms with Crippen molar-refractivity contribution >= 4 is 27.5 Å². The molecule has 2 aromatic rings. The molecule has 0 saturated carbocycles. The lowest BCUT2D eigenvalue weighted by molar-refractivity contribution is -0.128. The number of amides is 2. The Morgan fingerprint density at radius 1 is 1.08 bits per heavy atom. The molecule has 0 aliphatic carbocycles. The Hall–Kier alpha value is -2.67. The molecule has 26 heavy (non-hydrogen) atoms. The Morgan fingerprint density at radius 2 is 1.73 bits per heavy atom. The molecule has 3 rings (SSSR count). The third kappa shape index (κ3) is 3.35. The van der Waals surface area contributed by atoms with Crippen molar-refractivity contribution in [2.75, 3.05) is 5.32 Å². The molecule has 2 amide bonds. The van der Waals surface area contributed by atoms with Crippen molar-refractivity contribution in [1.29, 1.82) is 0 Å². The summed E-state index contributed by atoms with van der Waals surface area (Å²) in [6.07, 6.45) is 0.193. The van der Waals surface area contributed by atoms with E-state index in [2.05, 4.69) is 5.32 Å². The molecule has 1 aliphatic heterocycles. The Kier molecular flexibility index (Phi) is 4.82. The summed E-state index contributed by atoms with van der Waals surface area (Å²) in [5.41, 5.74) is 2.37. The van der Waals surface area contributed by atoms with Crippen LogP contribution in [0.4, 0.5) is 5.69 Å². The molecule has 0 unspecified atom stereocenters. The van der Waals surface area contributed by atoms with Gasteiger partial charge in [0.15, 0.2) is 0 Å². The molecule has 0 radical (unpaired) electrons. The number of rotatable bonds is 4. The first-order chi connectivity index (χ1) is 12.3. The molecule has 0 bridgehead atoms. The van der Waals surface area contributed by atoms with Crippen molar-refractivity contribution in [1.82, 2.24) is 4.31 Å². The monoisotopic (exact) mass is 372 g/mol. The number of para-hydroxylation sites is 1. The summed E-state index contributed by atoms with van der Waals surface area (Å²) in [7, 11) is -4.08. The van der Waals surface area contributed by atoms with E-state index in [0.717, 1.165) is 15.4 Å². The van der Waals surface area contributed by atoms with Crippen molar-refractivity contribution < 1.29 is 18.0 Å².